The first-order chi connectivity index (χ1) is 7.65. The number of aliphatic hydroxyl groups excluding tert-OH is 1. The summed E-state index contributed by atoms with van der Waals surface area (Å²) in [6.45, 7) is 3.56. The molecule has 2 aromatic rings. The molecule has 0 aliphatic carbocycles. The Balaban J connectivity index is 2.11. The van der Waals surface area contributed by atoms with Crippen LogP contribution in [0.15, 0.2) is 28.5 Å². The summed E-state index contributed by atoms with van der Waals surface area (Å²) in [7, 11) is 0. The predicted molar refractivity (Wildman–Crippen MR) is 60.1 cm³/mol. The minimum Gasteiger partial charge on any atom is -0.389 e. The van der Waals surface area contributed by atoms with Crippen molar-refractivity contribution in [3.05, 3.63) is 29.7 Å². The molecular formula is C10H12N4OS. The molecule has 6 heteroatoms. The molecule has 2 heterocycles. The van der Waals surface area contributed by atoms with E-state index in [0.717, 1.165) is 16.4 Å². The SMILES string of the molecule is Cc1nc(Sc2ccc([C@H](C)O)cn2)n[nH]1. The fourth-order valence-corrected chi connectivity index (χ4v) is 1.86. The molecule has 0 saturated carbocycles. The van der Waals surface area contributed by atoms with Crippen LogP contribution in [0.3, 0.4) is 0 Å². The van der Waals surface area contributed by atoms with Gasteiger partial charge in [-0.15, -0.1) is 5.10 Å². The van der Waals surface area contributed by atoms with Gasteiger partial charge >= 0.3 is 0 Å². The first-order valence-corrected chi connectivity index (χ1v) is 5.67. The average molecular weight is 236 g/mol. The predicted octanol–water partition coefficient (Wildman–Crippen LogP) is 1.71. The van der Waals surface area contributed by atoms with E-state index >= 15 is 0 Å². The molecular weight excluding hydrogens is 224 g/mol. The highest BCUT2D eigenvalue weighted by Crippen LogP contribution is 2.23. The van der Waals surface area contributed by atoms with Crippen molar-refractivity contribution >= 4 is 11.8 Å². The van der Waals surface area contributed by atoms with Crippen LogP contribution in [0.5, 0.6) is 0 Å². The molecule has 0 aliphatic rings. The minimum atomic E-state index is -0.489. The Morgan fingerprint density at radius 2 is 2.25 bits per heavy atom. The summed E-state index contributed by atoms with van der Waals surface area (Å²) in [5.74, 6) is 0.781. The fourth-order valence-electron chi connectivity index (χ4n) is 1.16. The maximum atomic E-state index is 9.33. The van der Waals surface area contributed by atoms with Gasteiger partial charge < -0.3 is 5.11 Å². The molecule has 0 bridgehead atoms. The lowest BCUT2D eigenvalue weighted by Gasteiger charge is -2.03. The van der Waals surface area contributed by atoms with Crippen LogP contribution in [0, 0.1) is 6.92 Å². The highest BCUT2D eigenvalue weighted by Gasteiger charge is 2.05. The number of nitrogens with zero attached hydrogens (tertiary/aromatic N) is 3. The van der Waals surface area contributed by atoms with E-state index in [-0.39, 0.29) is 0 Å². The normalized spacial score (nSPS) is 12.7. The molecule has 0 fully saturated rings. The maximum Gasteiger partial charge on any atom is 0.214 e. The second-order valence-electron chi connectivity index (χ2n) is 3.41. The molecule has 5 nitrogen and oxygen atoms in total. The quantitative estimate of drug-likeness (QED) is 0.848. The molecule has 0 radical (unpaired) electrons. The van der Waals surface area contributed by atoms with E-state index in [4.69, 9.17) is 0 Å². The molecule has 2 rings (SSSR count). The van der Waals surface area contributed by atoms with Crippen molar-refractivity contribution in [3.63, 3.8) is 0 Å². The molecule has 0 spiro atoms. The summed E-state index contributed by atoms with van der Waals surface area (Å²) in [4.78, 5) is 8.38. The summed E-state index contributed by atoms with van der Waals surface area (Å²) in [6, 6.07) is 3.69. The molecule has 0 unspecified atom stereocenters. The molecule has 0 saturated heterocycles. The van der Waals surface area contributed by atoms with Crippen LogP contribution in [0.25, 0.3) is 0 Å². The fraction of sp³-hybridized carbons (Fsp3) is 0.300. The number of rotatable bonds is 3. The van der Waals surface area contributed by atoms with E-state index < -0.39 is 6.10 Å². The van der Waals surface area contributed by atoms with Gasteiger partial charge in [0.15, 0.2) is 0 Å². The Morgan fingerprint density at radius 1 is 1.44 bits per heavy atom. The number of H-pyrrole nitrogens is 1. The van der Waals surface area contributed by atoms with Crippen LogP contribution < -0.4 is 0 Å². The van der Waals surface area contributed by atoms with Gasteiger partial charge in [0, 0.05) is 6.20 Å². The summed E-state index contributed by atoms with van der Waals surface area (Å²) >= 11 is 1.38. The number of aromatic nitrogens is 4. The van der Waals surface area contributed by atoms with Crippen LogP contribution in [-0.2, 0) is 0 Å². The second kappa shape index (κ2) is 4.63. The Bertz CT molecular complexity index is 466. The highest BCUT2D eigenvalue weighted by molar-refractivity contribution is 7.99. The summed E-state index contributed by atoms with van der Waals surface area (Å²) in [5, 5.41) is 17.6. The zero-order chi connectivity index (χ0) is 11.5. The maximum absolute atomic E-state index is 9.33. The smallest absolute Gasteiger partial charge is 0.214 e. The van der Waals surface area contributed by atoms with Gasteiger partial charge in [-0.3, -0.25) is 5.10 Å². The van der Waals surface area contributed by atoms with Crippen molar-refractivity contribution in [1.29, 1.82) is 0 Å². The van der Waals surface area contributed by atoms with E-state index in [1.165, 1.54) is 11.8 Å². The molecule has 0 aliphatic heterocycles. The van der Waals surface area contributed by atoms with E-state index in [1.807, 2.05) is 19.1 Å². The molecule has 16 heavy (non-hydrogen) atoms. The van der Waals surface area contributed by atoms with E-state index in [1.54, 1.807) is 13.1 Å². The Kier molecular flexibility index (Phi) is 3.21. The Labute approximate surface area is 97.3 Å². The van der Waals surface area contributed by atoms with Crippen molar-refractivity contribution in [3.8, 4) is 0 Å². The lowest BCUT2D eigenvalue weighted by Crippen LogP contribution is -1.92. The number of pyridine rings is 1. The summed E-state index contributed by atoms with van der Waals surface area (Å²) < 4.78 is 0. The first-order valence-electron chi connectivity index (χ1n) is 4.86. The number of hydrogen-bond donors (Lipinski definition) is 2. The Hall–Kier alpha value is -1.40. The zero-order valence-corrected chi connectivity index (χ0v) is 9.82. The Morgan fingerprint density at radius 3 is 2.75 bits per heavy atom. The third-order valence-electron chi connectivity index (χ3n) is 2.01. The zero-order valence-electron chi connectivity index (χ0n) is 9.01. The van der Waals surface area contributed by atoms with Gasteiger partial charge in [0.2, 0.25) is 5.16 Å². The molecule has 2 N–H and O–H groups in total. The minimum absolute atomic E-state index is 0.489. The van der Waals surface area contributed by atoms with Crippen molar-refractivity contribution in [2.45, 2.75) is 30.1 Å². The summed E-state index contributed by atoms with van der Waals surface area (Å²) in [6.07, 6.45) is 1.17. The van der Waals surface area contributed by atoms with Crippen molar-refractivity contribution in [2.24, 2.45) is 0 Å². The van der Waals surface area contributed by atoms with Gasteiger partial charge in [-0.05, 0) is 37.2 Å². The summed E-state index contributed by atoms with van der Waals surface area (Å²) in [5.41, 5.74) is 0.801. The number of aliphatic hydroxyl groups is 1. The van der Waals surface area contributed by atoms with Crippen molar-refractivity contribution in [1.82, 2.24) is 20.2 Å². The highest BCUT2D eigenvalue weighted by atomic mass is 32.2. The number of aryl methyl sites for hydroxylation is 1. The van der Waals surface area contributed by atoms with Gasteiger partial charge in [0.05, 0.1) is 6.10 Å². The van der Waals surface area contributed by atoms with Gasteiger partial charge in [-0.1, -0.05) is 6.07 Å². The van der Waals surface area contributed by atoms with E-state index in [0.29, 0.717) is 5.16 Å². The number of aromatic amines is 1. The third kappa shape index (κ3) is 2.59. The van der Waals surface area contributed by atoms with Crippen molar-refractivity contribution < 1.29 is 5.11 Å². The standard InChI is InChI=1S/C10H12N4OS/c1-6(15)8-3-4-9(11-5-8)16-10-12-7(2)13-14-10/h3-6,15H,1-2H3,(H,12,13,14)/t6-/m0/s1. The molecule has 2 aromatic heterocycles. The van der Waals surface area contributed by atoms with Gasteiger partial charge in [-0.25, -0.2) is 9.97 Å². The lowest BCUT2D eigenvalue weighted by atomic mass is 10.2. The van der Waals surface area contributed by atoms with E-state index in [2.05, 4.69) is 20.2 Å². The molecule has 0 amide bonds. The molecule has 0 aromatic carbocycles. The van der Waals surface area contributed by atoms with Crippen LogP contribution in [0.4, 0.5) is 0 Å². The van der Waals surface area contributed by atoms with E-state index in [9.17, 15) is 5.11 Å². The average Bonchev–Trinajstić information content (AvgIpc) is 2.65. The van der Waals surface area contributed by atoms with Crippen LogP contribution in [0.1, 0.15) is 24.4 Å². The van der Waals surface area contributed by atoms with Gasteiger partial charge in [0.25, 0.3) is 0 Å². The topological polar surface area (TPSA) is 74.7 Å². The number of hydrogen-bond acceptors (Lipinski definition) is 5. The third-order valence-corrected chi connectivity index (χ3v) is 2.83. The van der Waals surface area contributed by atoms with Crippen LogP contribution >= 0.6 is 11.8 Å². The monoisotopic (exact) mass is 236 g/mol. The largest absolute Gasteiger partial charge is 0.389 e. The number of nitrogens with one attached hydrogen (secondary N) is 1. The first kappa shape index (κ1) is 11.1. The van der Waals surface area contributed by atoms with Crippen LogP contribution in [-0.4, -0.2) is 25.3 Å². The second-order valence-corrected chi connectivity index (χ2v) is 4.40. The lowest BCUT2D eigenvalue weighted by molar-refractivity contribution is 0.198. The van der Waals surface area contributed by atoms with Gasteiger partial charge in [-0.2, -0.15) is 0 Å². The van der Waals surface area contributed by atoms with Crippen molar-refractivity contribution in [2.75, 3.05) is 0 Å². The molecule has 1 atom stereocenters. The van der Waals surface area contributed by atoms with Gasteiger partial charge in [0.1, 0.15) is 10.9 Å². The van der Waals surface area contributed by atoms with Crippen LogP contribution in [0.2, 0.25) is 0 Å². The molecule has 84 valence electrons.